The highest BCUT2D eigenvalue weighted by Gasteiger charge is 2.13. The first-order chi connectivity index (χ1) is 8.09. The number of rotatable bonds is 5. The zero-order valence-electron chi connectivity index (χ0n) is 9.46. The molecule has 0 fully saturated rings. The van der Waals surface area contributed by atoms with Gasteiger partial charge in [-0.1, -0.05) is 30.3 Å². The third kappa shape index (κ3) is 5.12. The number of hydrogen-bond donors (Lipinski definition) is 1. The van der Waals surface area contributed by atoms with Gasteiger partial charge in [-0.2, -0.15) is 0 Å². The van der Waals surface area contributed by atoms with E-state index in [1.54, 1.807) is 0 Å². The number of carbonyl (C=O) groups excluding carboxylic acids is 2. The van der Waals surface area contributed by atoms with Crippen molar-refractivity contribution in [1.29, 1.82) is 0 Å². The Kier molecular flexibility index (Phi) is 5.16. The maximum Gasteiger partial charge on any atom is 0.344 e. The lowest BCUT2D eigenvalue weighted by Gasteiger charge is -2.07. The van der Waals surface area contributed by atoms with Crippen LogP contribution in [-0.2, 0) is 25.7 Å². The quantitative estimate of drug-likeness (QED) is 0.762. The molecule has 1 atom stereocenters. The van der Waals surface area contributed by atoms with Gasteiger partial charge in [0.05, 0.1) is 0 Å². The molecule has 92 valence electrons. The molecule has 1 unspecified atom stereocenters. The number of aliphatic hydroxyl groups excluding tert-OH is 1. The maximum atomic E-state index is 11.2. The van der Waals surface area contributed by atoms with Crippen molar-refractivity contribution < 1.29 is 24.2 Å². The lowest BCUT2D eigenvalue weighted by Crippen LogP contribution is -2.23. The maximum absolute atomic E-state index is 11.2. The normalized spacial score (nSPS) is 11.6. The molecule has 5 heteroatoms. The molecule has 0 heterocycles. The topological polar surface area (TPSA) is 72.8 Å². The van der Waals surface area contributed by atoms with Crippen LogP contribution in [0.2, 0.25) is 0 Å². The van der Waals surface area contributed by atoms with Gasteiger partial charge < -0.3 is 14.6 Å². The summed E-state index contributed by atoms with van der Waals surface area (Å²) in [4.78, 5) is 22.0. The van der Waals surface area contributed by atoms with Crippen molar-refractivity contribution in [3.63, 3.8) is 0 Å². The van der Waals surface area contributed by atoms with E-state index in [2.05, 4.69) is 4.74 Å². The summed E-state index contributed by atoms with van der Waals surface area (Å²) in [6.45, 7) is 0.903. The smallest absolute Gasteiger partial charge is 0.344 e. The molecule has 0 bridgehead atoms. The van der Waals surface area contributed by atoms with Gasteiger partial charge in [-0.25, -0.2) is 9.59 Å². The second-order valence-electron chi connectivity index (χ2n) is 3.43. The van der Waals surface area contributed by atoms with Gasteiger partial charge in [-0.15, -0.1) is 0 Å². The minimum atomic E-state index is -1.24. The Hall–Kier alpha value is -1.88. The standard InChI is InChI=1S/C12H14O5/c1-9(13)12(15)17-8-11(14)16-7-10-5-3-2-4-6-10/h2-6,9,13H,7-8H2,1H3. The molecule has 17 heavy (non-hydrogen) atoms. The summed E-state index contributed by atoms with van der Waals surface area (Å²) in [6.07, 6.45) is -1.24. The van der Waals surface area contributed by atoms with Crippen molar-refractivity contribution >= 4 is 11.9 Å². The molecule has 1 N–H and O–H groups in total. The van der Waals surface area contributed by atoms with Crippen molar-refractivity contribution in [3.8, 4) is 0 Å². The summed E-state index contributed by atoms with van der Waals surface area (Å²) in [5.74, 6) is -1.50. The van der Waals surface area contributed by atoms with E-state index in [9.17, 15) is 9.59 Å². The fourth-order valence-electron chi connectivity index (χ4n) is 1.03. The van der Waals surface area contributed by atoms with Gasteiger partial charge in [0, 0.05) is 0 Å². The average Bonchev–Trinajstić information content (AvgIpc) is 2.34. The zero-order valence-corrected chi connectivity index (χ0v) is 9.46. The van der Waals surface area contributed by atoms with Crippen LogP contribution in [0.15, 0.2) is 30.3 Å². The largest absolute Gasteiger partial charge is 0.458 e. The number of carbonyl (C=O) groups is 2. The Balaban J connectivity index is 2.24. The van der Waals surface area contributed by atoms with Crippen LogP contribution in [0.25, 0.3) is 0 Å². The molecule has 0 amide bonds. The van der Waals surface area contributed by atoms with Gasteiger partial charge in [0.1, 0.15) is 12.7 Å². The summed E-state index contributed by atoms with van der Waals surface area (Å²) < 4.78 is 9.35. The summed E-state index contributed by atoms with van der Waals surface area (Å²) in [7, 11) is 0. The minimum absolute atomic E-state index is 0.131. The van der Waals surface area contributed by atoms with Crippen LogP contribution >= 0.6 is 0 Å². The fraction of sp³-hybridized carbons (Fsp3) is 0.333. The first kappa shape index (κ1) is 13.2. The van der Waals surface area contributed by atoms with E-state index in [4.69, 9.17) is 9.84 Å². The first-order valence-corrected chi connectivity index (χ1v) is 5.14. The Labute approximate surface area is 99.0 Å². The summed E-state index contributed by atoms with van der Waals surface area (Å²) in [6, 6.07) is 9.15. The summed E-state index contributed by atoms with van der Waals surface area (Å²) in [5.41, 5.74) is 0.850. The van der Waals surface area contributed by atoms with Gasteiger partial charge in [-0.05, 0) is 12.5 Å². The van der Waals surface area contributed by atoms with E-state index in [-0.39, 0.29) is 6.61 Å². The highest BCUT2D eigenvalue weighted by atomic mass is 16.6. The molecular weight excluding hydrogens is 224 g/mol. The second kappa shape index (κ2) is 6.65. The highest BCUT2D eigenvalue weighted by molar-refractivity contribution is 5.78. The summed E-state index contributed by atoms with van der Waals surface area (Å²) in [5, 5.41) is 8.82. The van der Waals surface area contributed by atoms with Crippen molar-refractivity contribution in [2.24, 2.45) is 0 Å². The number of benzene rings is 1. The van der Waals surface area contributed by atoms with Crippen molar-refractivity contribution in [3.05, 3.63) is 35.9 Å². The zero-order chi connectivity index (χ0) is 12.7. The molecule has 0 aliphatic carbocycles. The molecule has 5 nitrogen and oxygen atoms in total. The van der Waals surface area contributed by atoms with Crippen LogP contribution in [0.4, 0.5) is 0 Å². The van der Waals surface area contributed by atoms with E-state index < -0.39 is 24.6 Å². The molecule has 0 saturated carbocycles. The molecule has 0 spiro atoms. The Morgan fingerprint density at radius 3 is 2.47 bits per heavy atom. The first-order valence-electron chi connectivity index (χ1n) is 5.14. The van der Waals surface area contributed by atoms with Crippen molar-refractivity contribution in [2.75, 3.05) is 6.61 Å². The number of aliphatic hydroxyl groups is 1. The Bertz CT molecular complexity index is 372. The van der Waals surface area contributed by atoms with Crippen LogP contribution in [-0.4, -0.2) is 29.8 Å². The van der Waals surface area contributed by atoms with E-state index in [0.717, 1.165) is 5.56 Å². The van der Waals surface area contributed by atoms with Crippen molar-refractivity contribution in [2.45, 2.75) is 19.6 Å². The van der Waals surface area contributed by atoms with Crippen LogP contribution in [0, 0.1) is 0 Å². The lowest BCUT2D eigenvalue weighted by molar-refractivity contribution is -0.164. The molecule has 0 aliphatic heterocycles. The molecule has 0 saturated heterocycles. The molecule has 0 aliphatic rings. The van der Waals surface area contributed by atoms with E-state index >= 15 is 0 Å². The van der Waals surface area contributed by atoms with Gasteiger partial charge in [0.25, 0.3) is 0 Å². The predicted molar refractivity (Wildman–Crippen MR) is 58.9 cm³/mol. The van der Waals surface area contributed by atoms with Crippen LogP contribution in [0.1, 0.15) is 12.5 Å². The lowest BCUT2D eigenvalue weighted by atomic mass is 10.2. The monoisotopic (exact) mass is 238 g/mol. The van der Waals surface area contributed by atoms with E-state index in [1.807, 2.05) is 30.3 Å². The van der Waals surface area contributed by atoms with Gasteiger partial charge in [0.15, 0.2) is 6.61 Å². The molecule has 1 aromatic carbocycles. The number of hydrogen-bond acceptors (Lipinski definition) is 5. The SMILES string of the molecule is CC(O)C(=O)OCC(=O)OCc1ccccc1. The number of esters is 2. The molecular formula is C12H14O5. The third-order valence-corrected chi connectivity index (χ3v) is 1.92. The van der Waals surface area contributed by atoms with Crippen LogP contribution in [0.3, 0.4) is 0 Å². The van der Waals surface area contributed by atoms with Crippen LogP contribution < -0.4 is 0 Å². The van der Waals surface area contributed by atoms with Gasteiger partial charge in [0.2, 0.25) is 0 Å². The van der Waals surface area contributed by atoms with Crippen LogP contribution in [0.5, 0.6) is 0 Å². The third-order valence-electron chi connectivity index (χ3n) is 1.92. The van der Waals surface area contributed by atoms with Crippen molar-refractivity contribution in [1.82, 2.24) is 0 Å². The fourth-order valence-corrected chi connectivity index (χ4v) is 1.03. The number of ether oxygens (including phenoxy) is 2. The van der Waals surface area contributed by atoms with E-state index in [1.165, 1.54) is 6.92 Å². The Morgan fingerprint density at radius 1 is 1.24 bits per heavy atom. The molecule has 0 aromatic heterocycles. The highest BCUT2D eigenvalue weighted by Crippen LogP contribution is 2.00. The summed E-state index contributed by atoms with van der Waals surface area (Å²) >= 11 is 0. The molecule has 1 aromatic rings. The molecule has 1 rings (SSSR count). The Morgan fingerprint density at radius 2 is 1.88 bits per heavy atom. The van der Waals surface area contributed by atoms with E-state index in [0.29, 0.717) is 0 Å². The van der Waals surface area contributed by atoms with Gasteiger partial charge in [-0.3, -0.25) is 0 Å². The van der Waals surface area contributed by atoms with Gasteiger partial charge >= 0.3 is 11.9 Å². The average molecular weight is 238 g/mol. The second-order valence-corrected chi connectivity index (χ2v) is 3.43. The predicted octanol–water partition coefficient (Wildman–Crippen LogP) is 0.654. The molecule has 0 radical (unpaired) electrons. The minimum Gasteiger partial charge on any atom is -0.458 e.